The summed E-state index contributed by atoms with van der Waals surface area (Å²) >= 11 is 2.82. The summed E-state index contributed by atoms with van der Waals surface area (Å²) in [7, 11) is 0. The first-order chi connectivity index (χ1) is 11.5. The molecule has 3 heterocycles. The van der Waals surface area contributed by atoms with E-state index in [2.05, 4.69) is 9.97 Å². The van der Waals surface area contributed by atoms with Crippen molar-refractivity contribution in [3.05, 3.63) is 48.5 Å². The monoisotopic (exact) mass is 360 g/mol. The number of fused-ring (bicyclic) bond motifs is 1. The molecular weight excluding hydrogens is 344 g/mol. The summed E-state index contributed by atoms with van der Waals surface area (Å²) in [6.45, 7) is 5.82. The summed E-state index contributed by atoms with van der Waals surface area (Å²) < 4.78 is 5.04. The van der Waals surface area contributed by atoms with E-state index in [1.165, 1.54) is 16.9 Å². The van der Waals surface area contributed by atoms with Crippen LogP contribution in [0.3, 0.4) is 0 Å². The van der Waals surface area contributed by atoms with E-state index in [-0.39, 0.29) is 5.56 Å². The number of carbonyl (C=O) groups excluding carboxylic acids is 1. The highest BCUT2D eigenvalue weighted by molar-refractivity contribution is 7.20. The number of aromatic nitrogens is 2. The van der Waals surface area contributed by atoms with Crippen LogP contribution in [0.4, 0.5) is 0 Å². The number of nitrogens with one attached hydrogen (secondary N) is 1. The van der Waals surface area contributed by atoms with E-state index >= 15 is 0 Å². The fraction of sp³-hybridized carbons (Fsp3) is 0.235. The molecule has 0 bridgehead atoms. The summed E-state index contributed by atoms with van der Waals surface area (Å²) in [5, 5.41) is 2.47. The third-order valence-electron chi connectivity index (χ3n) is 3.57. The van der Waals surface area contributed by atoms with Crippen LogP contribution in [0.2, 0.25) is 0 Å². The molecular formula is C17H16N2O3S2. The maximum atomic E-state index is 12.4. The Balaban J connectivity index is 2.04. The van der Waals surface area contributed by atoms with Gasteiger partial charge in [-0.15, -0.1) is 22.7 Å². The molecule has 0 saturated carbocycles. The van der Waals surface area contributed by atoms with E-state index in [1.54, 1.807) is 31.3 Å². The van der Waals surface area contributed by atoms with Crippen molar-refractivity contribution in [3.8, 4) is 0 Å². The van der Waals surface area contributed by atoms with Crippen LogP contribution in [-0.4, -0.2) is 22.5 Å². The van der Waals surface area contributed by atoms with E-state index in [4.69, 9.17) is 4.74 Å². The molecule has 0 aromatic carbocycles. The van der Waals surface area contributed by atoms with E-state index < -0.39 is 5.97 Å². The molecule has 0 fully saturated rings. The molecule has 3 rings (SSSR count). The van der Waals surface area contributed by atoms with Gasteiger partial charge in [0, 0.05) is 4.88 Å². The maximum absolute atomic E-state index is 12.4. The van der Waals surface area contributed by atoms with Crippen molar-refractivity contribution < 1.29 is 9.53 Å². The standard InChI is InChI=1S/C17H16N2O3S2/c1-4-22-17(21)14-10(3)13-15(20)18-12(19-16(13)24-14)6-5-11-9(2)7-8-23-11/h5-8H,4H2,1-3H3,(H,18,19,20). The first-order valence-electron chi connectivity index (χ1n) is 7.44. The molecule has 0 unspecified atom stereocenters. The predicted molar refractivity (Wildman–Crippen MR) is 98.9 cm³/mol. The molecule has 0 amide bonds. The van der Waals surface area contributed by atoms with Gasteiger partial charge in [-0.1, -0.05) is 0 Å². The van der Waals surface area contributed by atoms with Crippen molar-refractivity contribution >= 4 is 51.0 Å². The number of aryl methyl sites for hydroxylation is 2. The molecule has 124 valence electrons. The first kappa shape index (κ1) is 16.6. The van der Waals surface area contributed by atoms with Gasteiger partial charge in [-0.05, 0) is 55.5 Å². The van der Waals surface area contributed by atoms with Crippen LogP contribution in [0.25, 0.3) is 22.4 Å². The quantitative estimate of drug-likeness (QED) is 0.714. The molecule has 0 aliphatic rings. The van der Waals surface area contributed by atoms with Crippen molar-refractivity contribution in [2.45, 2.75) is 20.8 Å². The van der Waals surface area contributed by atoms with Crippen LogP contribution in [0.5, 0.6) is 0 Å². The van der Waals surface area contributed by atoms with Gasteiger partial charge in [0.1, 0.15) is 15.5 Å². The Morgan fingerprint density at radius 2 is 2.17 bits per heavy atom. The second kappa shape index (κ2) is 6.70. The van der Waals surface area contributed by atoms with Crippen molar-refractivity contribution in [2.24, 2.45) is 0 Å². The normalized spacial score (nSPS) is 11.5. The zero-order valence-corrected chi connectivity index (χ0v) is 15.1. The van der Waals surface area contributed by atoms with Gasteiger partial charge in [0.25, 0.3) is 5.56 Å². The van der Waals surface area contributed by atoms with Gasteiger partial charge >= 0.3 is 5.97 Å². The average molecular weight is 360 g/mol. The third-order valence-corrected chi connectivity index (χ3v) is 5.72. The number of carbonyl (C=O) groups is 1. The SMILES string of the molecule is CCOC(=O)c1sc2nc(C=Cc3sccc3C)[nH]c(=O)c2c1C. The van der Waals surface area contributed by atoms with Gasteiger partial charge in [-0.3, -0.25) is 4.79 Å². The van der Waals surface area contributed by atoms with Gasteiger partial charge < -0.3 is 9.72 Å². The Kier molecular flexibility index (Phi) is 4.64. The van der Waals surface area contributed by atoms with Crippen molar-refractivity contribution in [2.75, 3.05) is 6.61 Å². The lowest BCUT2D eigenvalue weighted by atomic mass is 10.2. The molecule has 0 aliphatic heterocycles. The van der Waals surface area contributed by atoms with Crippen LogP contribution >= 0.6 is 22.7 Å². The molecule has 5 nitrogen and oxygen atoms in total. The molecule has 3 aromatic rings. The highest BCUT2D eigenvalue weighted by Gasteiger charge is 2.19. The van der Waals surface area contributed by atoms with Gasteiger partial charge in [-0.2, -0.15) is 0 Å². The number of rotatable bonds is 4. The largest absolute Gasteiger partial charge is 0.462 e. The van der Waals surface area contributed by atoms with Crippen molar-refractivity contribution in [1.29, 1.82) is 0 Å². The van der Waals surface area contributed by atoms with E-state index in [0.717, 1.165) is 4.88 Å². The Labute approximate surface area is 146 Å². The van der Waals surface area contributed by atoms with Crippen LogP contribution in [0.15, 0.2) is 16.2 Å². The number of esters is 1. The molecule has 0 atom stereocenters. The van der Waals surface area contributed by atoms with Crippen molar-refractivity contribution in [1.82, 2.24) is 9.97 Å². The second-order valence-corrected chi connectivity index (χ2v) is 7.16. The van der Waals surface area contributed by atoms with Gasteiger partial charge in [0.2, 0.25) is 0 Å². The number of nitrogens with zero attached hydrogens (tertiary/aromatic N) is 1. The number of H-pyrrole nitrogens is 1. The smallest absolute Gasteiger partial charge is 0.348 e. The van der Waals surface area contributed by atoms with Crippen LogP contribution < -0.4 is 5.56 Å². The summed E-state index contributed by atoms with van der Waals surface area (Å²) in [6.07, 6.45) is 3.70. The summed E-state index contributed by atoms with van der Waals surface area (Å²) in [6, 6.07) is 2.04. The lowest BCUT2D eigenvalue weighted by molar-refractivity contribution is 0.0531. The third kappa shape index (κ3) is 3.05. The van der Waals surface area contributed by atoms with Crippen LogP contribution in [-0.2, 0) is 4.74 Å². The topological polar surface area (TPSA) is 72.0 Å². The predicted octanol–water partition coefficient (Wildman–Crippen LogP) is 4.01. The van der Waals surface area contributed by atoms with Gasteiger partial charge in [-0.25, -0.2) is 9.78 Å². The molecule has 0 aliphatic carbocycles. The highest BCUT2D eigenvalue weighted by atomic mass is 32.1. The highest BCUT2D eigenvalue weighted by Crippen LogP contribution is 2.28. The first-order valence-corrected chi connectivity index (χ1v) is 9.13. The fourth-order valence-electron chi connectivity index (χ4n) is 2.34. The molecule has 3 aromatic heterocycles. The van der Waals surface area contributed by atoms with E-state index in [0.29, 0.717) is 33.1 Å². The minimum absolute atomic E-state index is 0.244. The molecule has 0 radical (unpaired) electrons. The lowest BCUT2D eigenvalue weighted by Gasteiger charge is -1.98. The average Bonchev–Trinajstić information content (AvgIpc) is 3.09. The maximum Gasteiger partial charge on any atom is 0.348 e. The summed E-state index contributed by atoms with van der Waals surface area (Å²) in [4.78, 5) is 33.7. The molecule has 1 N–H and O–H groups in total. The van der Waals surface area contributed by atoms with Crippen LogP contribution in [0, 0.1) is 13.8 Å². The van der Waals surface area contributed by atoms with Gasteiger partial charge in [0.05, 0.1) is 12.0 Å². The Morgan fingerprint density at radius 3 is 2.83 bits per heavy atom. The zero-order chi connectivity index (χ0) is 17.3. The molecule has 24 heavy (non-hydrogen) atoms. The van der Waals surface area contributed by atoms with E-state index in [1.807, 2.05) is 24.4 Å². The minimum Gasteiger partial charge on any atom is -0.462 e. The van der Waals surface area contributed by atoms with E-state index in [9.17, 15) is 9.59 Å². The molecule has 7 heteroatoms. The van der Waals surface area contributed by atoms with Crippen molar-refractivity contribution in [3.63, 3.8) is 0 Å². The van der Waals surface area contributed by atoms with Gasteiger partial charge in [0.15, 0.2) is 0 Å². The fourth-order valence-corrected chi connectivity index (χ4v) is 4.24. The molecule has 0 spiro atoms. The Bertz CT molecular complexity index is 995. The minimum atomic E-state index is -0.413. The number of aromatic amines is 1. The zero-order valence-electron chi connectivity index (χ0n) is 13.5. The number of hydrogen-bond donors (Lipinski definition) is 1. The lowest BCUT2D eigenvalue weighted by Crippen LogP contribution is -2.10. The number of hydrogen-bond acceptors (Lipinski definition) is 6. The Morgan fingerprint density at radius 1 is 1.38 bits per heavy atom. The molecule has 0 saturated heterocycles. The van der Waals surface area contributed by atoms with Crippen LogP contribution in [0.1, 0.15) is 38.4 Å². The summed E-state index contributed by atoms with van der Waals surface area (Å²) in [5.41, 5.74) is 1.55. The number of ether oxygens (including phenoxy) is 1. The Hall–Kier alpha value is -2.25. The second-order valence-electron chi connectivity index (χ2n) is 5.21. The summed E-state index contributed by atoms with van der Waals surface area (Å²) in [5.74, 6) is 0.0562. The number of thiophene rings is 2.